The van der Waals surface area contributed by atoms with Gasteiger partial charge in [0, 0.05) is 6.04 Å². The van der Waals surface area contributed by atoms with Gasteiger partial charge in [0.05, 0.1) is 0 Å². The summed E-state index contributed by atoms with van der Waals surface area (Å²) < 4.78 is 0. The van der Waals surface area contributed by atoms with Gasteiger partial charge in [0.15, 0.2) is 0 Å². The predicted molar refractivity (Wildman–Crippen MR) is 64.4 cm³/mol. The van der Waals surface area contributed by atoms with Crippen molar-refractivity contribution in [3.05, 3.63) is 0 Å². The van der Waals surface area contributed by atoms with Gasteiger partial charge in [0.2, 0.25) is 0 Å². The molecule has 0 spiro atoms. The fraction of sp³-hybridized carbons (Fsp3) is 0.909. The second-order valence-electron chi connectivity index (χ2n) is 4.33. The van der Waals surface area contributed by atoms with E-state index in [-0.39, 0.29) is 0 Å². The predicted octanol–water partition coefficient (Wildman–Crippen LogP) is 2.12. The lowest BCUT2D eigenvalue weighted by molar-refractivity contribution is -0.145. The SMILES string of the molecule is CCCC(C)NC1(C(=O)O)CCSCC1. The number of hydrogen-bond acceptors (Lipinski definition) is 3. The molecule has 0 radical (unpaired) electrons. The third-order valence-corrected chi connectivity index (χ3v) is 3.99. The molecule has 1 saturated heterocycles. The van der Waals surface area contributed by atoms with Crippen LogP contribution in [-0.4, -0.2) is 34.2 Å². The van der Waals surface area contributed by atoms with Gasteiger partial charge in [-0.25, -0.2) is 0 Å². The van der Waals surface area contributed by atoms with Gasteiger partial charge >= 0.3 is 5.97 Å². The Morgan fingerprint density at radius 2 is 2.13 bits per heavy atom. The molecule has 0 bridgehead atoms. The zero-order valence-electron chi connectivity index (χ0n) is 9.58. The van der Waals surface area contributed by atoms with Gasteiger partial charge in [-0.1, -0.05) is 13.3 Å². The van der Waals surface area contributed by atoms with Crippen LogP contribution in [0.3, 0.4) is 0 Å². The molecule has 0 aromatic heterocycles. The molecule has 0 aromatic rings. The van der Waals surface area contributed by atoms with Crippen molar-refractivity contribution in [3.8, 4) is 0 Å². The van der Waals surface area contributed by atoms with Crippen molar-refractivity contribution in [2.75, 3.05) is 11.5 Å². The maximum absolute atomic E-state index is 11.3. The normalized spacial score (nSPS) is 22.3. The van der Waals surface area contributed by atoms with Crippen molar-refractivity contribution in [2.24, 2.45) is 0 Å². The minimum atomic E-state index is -0.675. The number of hydrogen-bond donors (Lipinski definition) is 2. The van der Waals surface area contributed by atoms with Crippen molar-refractivity contribution in [2.45, 2.75) is 51.1 Å². The summed E-state index contributed by atoms with van der Waals surface area (Å²) in [5, 5.41) is 12.7. The minimum Gasteiger partial charge on any atom is -0.480 e. The van der Waals surface area contributed by atoms with Crippen LogP contribution in [0.2, 0.25) is 0 Å². The van der Waals surface area contributed by atoms with E-state index in [0.29, 0.717) is 6.04 Å². The smallest absolute Gasteiger partial charge is 0.323 e. The highest BCUT2D eigenvalue weighted by Gasteiger charge is 2.40. The molecular formula is C11H21NO2S. The first-order valence-electron chi connectivity index (χ1n) is 5.69. The number of nitrogens with one attached hydrogen (secondary N) is 1. The topological polar surface area (TPSA) is 49.3 Å². The highest BCUT2D eigenvalue weighted by atomic mass is 32.2. The monoisotopic (exact) mass is 231 g/mol. The molecule has 1 rings (SSSR count). The van der Waals surface area contributed by atoms with Gasteiger partial charge < -0.3 is 5.11 Å². The van der Waals surface area contributed by atoms with Gasteiger partial charge in [0.25, 0.3) is 0 Å². The van der Waals surface area contributed by atoms with Crippen LogP contribution >= 0.6 is 11.8 Å². The molecule has 0 amide bonds. The van der Waals surface area contributed by atoms with Crippen molar-refractivity contribution < 1.29 is 9.90 Å². The number of carboxylic acids is 1. The zero-order chi connectivity index (χ0) is 11.3. The van der Waals surface area contributed by atoms with Crippen LogP contribution in [0.15, 0.2) is 0 Å². The van der Waals surface area contributed by atoms with Crippen molar-refractivity contribution >= 4 is 17.7 Å². The van der Waals surface area contributed by atoms with E-state index in [2.05, 4.69) is 19.2 Å². The molecule has 3 nitrogen and oxygen atoms in total. The van der Waals surface area contributed by atoms with Crippen LogP contribution in [0.5, 0.6) is 0 Å². The average Bonchev–Trinajstić information content (AvgIpc) is 2.19. The first-order valence-corrected chi connectivity index (χ1v) is 6.85. The van der Waals surface area contributed by atoms with Gasteiger partial charge in [-0.3, -0.25) is 10.1 Å². The Morgan fingerprint density at radius 3 is 2.60 bits per heavy atom. The quantitative estimate of drug-likeness (QED) is 0.761. The van der Waals surface area contributed by atoms with Crippen molar-refractivity contribution in [1.82, 2.24) is 5.32 Å². The third kappa shape index (κ3) is 3.38. The molecule has 0 aromatic carbocycles. The average molecular weight is 231 g/mol. The summed E-state index contributed by atoms with van der Waals surface area (Å²) in [6.45, 7) is 4.21. The number of carboxylic acid groups (broad SMARTS) is 1. The summed E-state index contributed by atoms with van der Waals surface area (Å²) in [5.74, 6) is 1.24. The standard InChI is InChI=1S/C11H21NO2S/c1-3-4-9(2)12-11(10(13)14)5-7-15-8-6-11/h9,12H,3-8H2,1-2H3,(H,13,14). The van der Waals surface area contributed by atoms with E-state index in [0.717, 1.165) is 37.2 Å². The molecule has 1 unspecified atom stereocenters. The molecular weight excluding hydrogens is 210 g/mol. The van der Waals surface area contributed by atoms with E-state index in [1.165, 1.54) is 0 Å². The third-order valence-electron chi connectivity index (χ3n) is 3.00. The summed E-state index contributed by atoms with van der Waals surface area (Å²) >= 11 is 1.85. The van der Waals surface area contributed by atoms with E-state index < -0.39 is 11.5 Å². The van der Waals surface area contributed by atoms with E-state index in [4.69, 9.17) is 0 Å². The second-order valence-corrected chi connectivity index (χ2v) is 5.56. The second kappa shape index (κ2) is 5.75. The highest BCUT2D eigenvalue weighted by molar-refractivity contribution is 7.99. The molecule has 1 fully saturated rings. The van der Waals surface area contributed by atoms with E-state index >= 15 is 0 Å². The Morgan fingerprint density at radius 1 is 1.53 bits per heavy atom. The Labute approximate surface area is 96.0 Å². The highest BCUT2D eigenvalue weighted by Crippen LogP contribution is 2.28. The molecule has 1 heterocycles. The molecule has 1 aliphatic heterocycles. The van der Waals surface area contributed by atoms with Gasteiger partial charge in [-0.15, -0.1) is 0 Å². The Kier molecular flexibility index (Phi) is 4.93. The lowest BCUT2D eigenvalue weighted by Crippen LogP contribution is -2.57. The van der Waals surface area contributed by atoms with Crippen molar-refractivity contribution in [3.63, 3.8) is 0 Å². The number of aliphatic carboxylic acids is 1. The van der Waals surface area contributed by atoms with Gasteiger partial charge in [0.1, 0.15) is 5.54 Å². The molecule has 2 N–H and O–H groups in total. The molecule has 15 heavy (non-hydrogen) atoms. The van der Waals surface area contributed by atoms with Crippen molar-refractivity contribution in [1.29, 1.82) is 0 Å². The Bertz CT molecular complexity index is 215. The van der Waals surface area contributed by atoms with Crippen LogP contribution in [-0.2, 0) is 4.79 Å². The fourth-order valence-electron chi connectivity index (χ4n) is 2.12. The van der Waals surface area contributed by atoms with E-state index in [9.17, 15) is 9.90 Å². The lowest BCUT2D eigenvalue weighted by Gasteiger charge is -2.36. The maximum Gasteiger partial charge on any atom is 0.323 e. The Hall–Kier alpha value is -0.220. The fourth-order valence-corrected chi connectivity index (χ4v) is 3.31. The zero-order valence-corrected chi connectivity index (χ0v) is 10.4. The number of thioether (sulfide) groups is 1. The molecule has 4 heteroatoms. The summed E-state index contributed by atoms with van der Waals surface area (Å²) in [6, 6.07) is 0.300. The van der Waals surface area contributed by atoms with Crippen LogP contribution in [0.1, 0.15) is 39.5 Å². The molecule has 1 atom stereocenters. The van der Waals surface area contributed by atoms with E-state index in [1.54, 1.807) is 0 Å². The molecule has 0 aliphatic carbocycles. The minimum absolute atomic E-state index is 0.300. The summed E-state index contributed by atoms with van der Waals surface area (Å²) in [7, 11) is 0. The molecule has 88 valence electrons. The van der Waals surface area contributed by atoms with Gasteiger partial charge in [-0.05, 0) is 37.7 Å². The number of carbonyl (C=O) groups is 1. The molecule has 0 saturated carbocycles. The molecule has 1 aliphatic rings. The maximum atomic E-state index is 11.3. The van der Waals surface area contributed by atoms with E-state index in [1.807, 2.05) is 11.8 Å². The lowest BCUT2D eigenvalue weighted by atomic mass is 9.91. The summed E-state index contributed by atoms with van der Waals surface area (Å²) in [4.78, 5) is 11.3. The van der Waals surface area contributed by atoms with Crippen LogP contribution in [0.25, 0.3) is 0 Å². The first kappa shape index (κ1) is 12.8. The van der Waals surface area contributed by atoms with Crippen LogP contribution in [0, 0.1) is 0 Å². The van der Waals surface area contributed by atoms with Crippen LogP contribution < -0.4 is 5.32 Å². The number of rotatable bonds is 5. The summed E-state index contributed by atoms with van der Waals surface area (Å²) in [6.07, 6.45) is 3.64. The Balaban J connectivity index is 2.60. The summed E-state index contributed by atoms with van der Waals surface area (Å²) in [5.41, 5.74) is -0.653. The largest absolute Gasteiger partial charge is 0.480 e. The van der Waals surface area contributed by atoms with Gasteiger partial charge in [-0.2, -0.15) is 11.8 Å². The first-order chi connectivity index (χ1) is 7.10. The van der Waals surface area contributed by atoms with Crippen LogP contribution in [0.4, 0.5) is 0 Å².